The molecule has 1 heterocycles. The molecule has 3 rings (SSSR count). The van der Waals surface area contributed by atoms with Gasteiger partial charge in [0, 0.05) is 23.6 Å². The molecule has 0 radical (unpaired) electrons. The average molecular weight is 446 g/mol. The van der Waals surface area contributed by atoms with E-state index >= 15 is 0 Å². The fraction of sp³-hybridized carbons (Fsp3) is 0.143. The molecular formula is C21H17F3N4O2S. The highest BCUT2D eigenvalue weighted by atomic mass is 32.2. The van der Waals surface area contributed by atoms with Gasteiger partial charge in [-0.15, -0.1) is 0 Å². The Morgan fingerprint density at radius 2 is 1.71 bits per heavy atom. The molecule has 6 nitrogen and oxygen atoms in total. The van der Waals surface area contributed by atoms with Gasteiger partial charge >= 0.3 is 6.18 Å². The molecule has 31 heavy (non-hydrogen) atoms. The Hall–Kier alpha value is -3.40. The number of hydrogen-bond donors (Lipinski definition) is 2. The predicted octanol–water partition coefficient (Wildman–Crippen LogP) is 4.79. The normalized spacial score (nSPS) is 11.1. The maximum Gasteiger partial charge on any atom is 0.416 e. The Morgan fingerprint density at radius 1 is 1.00 bits per heavy atom. The zero-order chi connectivity index (χ0) is 22.4. The number of rotatable bonds is 6. The van der Waals surface area contributed by atoms with E-state index in [-0.39, 0.29) is 17.9 Å². The van der Waals surface area contributed by atoms with Crippen molar-refractivity contribution in [3.63, 3.8) is 0 Å². The van der Waals surface area contributed by atoms with Crippen molar-refractivity contribution in [2.45, 2.75) is 29.4 Å². The van der Waals surface area contributed by atoms with E-state index in [2.05, 4.69) is 20.6 Å². The van der Waals surface area contributed by atoms with Gasteiger partial charge in [0.2, 0.25) is 11.8 Å². The van der Waals surface area contributed by atoms with Crippen LogP contribution in [0.3, 0.4) is 0 Å². The fourth-order valence-electron chi connectivity index (χ4n) is 2.70. The van der Waals surface area contributed by atoms with Gasteiger partial charge in [0.25, 0.3) is 0 Å². The highest BCUT2D eigenvalue weighted by Gasteiger charge is 2.33. The molecular weight excluding hydrogens is 429 g/mol. The number of nitrogens with one attached hydrogen (secondary N) is 2. The van der Waals surface area contributed by atoms with Gasteiger partial charge in [0.05, 0.1) is 12.0 Å². The molecule has 0 aliphatic heterocycles. The van der Waals surface area contributed by atoms with Crippen LogP contribution in [0.25, 0.3) is 0 Å². The van der Waals surface area contributed by atoms with Gasteiger partial charge in [0.1, 0.15) is 17.2 Å². The van der Waals surface area contributed by atoms with Crippen LogP contribution in [0.4, 0.5) is 24.7 Å². The summed E-state index contributed by atoms with van der Waals surface area (Å²) in [6.07, 6.45) is -3.57. The molecule has 0 unspecified atom stereocenters. The molecule has 2 amide bonds. The molecule has 10 heteroatoms. The summed E-state index contributed by atoms with van der Waals surface area (Å²) in [6, 6.07) is 13.4. The van der Waals surface area contributed by atoms with Gasteiger partial charge < -0.3 is 10.6 Å². The second-order valence-corrected chi connectivity index (χ2v) is 7.52. The number of nitrogens with zero attached hydrogens (tertiary/aromatic N) is 2. The van der Waals surface area contributed by atoms with Gasteiger partial charge in [0.15, 0.2) is 0 Å². The largest absolute Gasteiger partial charge is 0.416 e. The van der Waals surface area contributed by atoms with Gasteiger partial charge in [-0.1, -0.05) is 30.0 Å². The van der Waals surface area contributed by atoms with Gasteiger partial charge in [-0.05, 0) is 35.9 Å². The van der Waals surface area contributed by atoms with E-state index in [4.69, 9.17) is 0 Å². The first-order valence-electron chi connectivity index (χ1n) is 9.03. The van der Waals surface area contributed by atoms with Gasteiger partial charge in [-0.2, -0.15) is 13.2 Å². The lowest BCUT2D eigenvalue weighted by Crippen LogP contribution is -2.17. The first-order chi connectivity index (χ1) is 14.7. The van der Waals surface area contributed by atoms with Crippen LogP contribution in [-0.2, 0) is 22.2 Å². The van der Waals surface area contributed by atoms with Crippen LogP contribution in [0.2, 0.25) is 0 Å². The summed E-state index contributed by atoms with van der Waals surface area (Å²) in [6.45, 7) is 1.38. The average Bonchev–Trinajstić information content (AvgIpc) is 2.69. The number of halogens is 3. The molecule has 0 saturated heterocycles. The second kappa shape index (κ2) is 9.61. The monoisotopic (exact) mass is 446 g/mol. The number of amides is 2. The van der Waals surface area contributed by atoms with Crippen molar-refractivity contribution in [3.05, 3.63) is 72.1 Å². The lowest BCUT2D eigenvalue weighted by molar-refractivity contribution is -0.138. The number of carbonyl (C=O) groups is 2. The van der Waals surface area contributed by atoms with Crippen LogP contribution in [-0.4, -0.2) is 21.8 Å². The Kier molecular flexibility index (Phi) is 6.91. The Balaban J connectivity index is 1.62. The molecule has 0 aliphatic carbocycles. The van der Waals surface area contributed by atoms with Crippen molar-refractivity contribution in [1.29, 1.82) is 0 Å². The topological polar surface area (TPSA) is 84.0 Å². The van der Waals surface area contributed by atoms with E-state index in [1.165, 1.54) is 43.2 Å². The highest BCUT2D eigenvalue weighted by Crippen LogP contribution is 2.32. The standard InChI is InChI=1S/C21H17F3N4O2S/c1-13(29)27-18-11-20(26-12-25-18)31-16-8-6-15(7-9-16)28-19(30)10-14-4-2-3-5-17(14)21(22,23)24/h2-9,11-12H,10H2,1H3,(H,28,30)(H,25,26,27,29). The van der Waals surface area contributed by atoms with Gasteiger partial charge in [-0.25, -0.2) is 9.97 Å². The lowest BCUT2D eigenvalue weighted by Gasteiger charge is -2.12. The molecule has 0 fully saturated rings. The molecule has 0 spiro atoms. The zero-order valence-corrected chi connectivity index (χ0v) is 17.1. The maximum atomic E-state index is 13.1. The van der Waals surface area contributed by atoms with Crippen molar-refractivity contribution in [3.8, 4) is 0 Å². The van der Waals surface area contributed by atoms with Crippen LogP contribution >= 0.6 is 11.8 Å². The Bertz CT molecular complexity index is 1090. The summed E-state index contributed by atoms with van der Waals surface area (Å²) >= 11 is 1.32. The van der Waals surface area contributed by atoms with Crippen LogP contribution in [0.5, 0.6) is 0 Å². The minimum Gasteiger partial charge on any atom is -0.326 e. The van der Waals surface area contributed by atoms with Gasteiger partial charge in [-0.3, -0.25) is 9.59 Å². The van der Waals surface area contributed by atoms with Crippen LogP contribution in [0.1, 0.15) is 18.1 Å². The van der Waals surface area contributed by atoms with E-state index in [0.29, 0.717) is 16.5 Å². The molecule has 160 valence electrons. The predicted molar refractivity (Wildman–Crippen MR) is 111 cm³/mol. The fourth-order valence-corrected chi connectivity index (χ4v) is 3.48. The number of hydrogen-bond acceptors (Lipinski definition) is 5. The summed E-state index contributed by atoms with van der Waals surface area (Å²) in [7, 11) is 0. The minimum atomic E-state index is -4.52. The van der Waals surface area contributed by atoms with E-state index < -0.39 is 17.6 Å². The van der Waals surface area contributed by atoms with Crippen molar-refractivity contribution in [2.24, 2.45) is 0 Å². The van der Waals surface area contributed by atoms with E-state index in [1.54, 1.807) is 30.3 Å². The van der Waals surface area contributed by atoms with Crippen molar-refractivity contribution in [1.82, 2.24) is 9.97 Å². The highest BCUT2D eigenvalue weighted by molar-refractivity contribution is 7.99. The maximum absolute atomic E-state index is 13.1. The third kappa shape index (κ3) is 6.54. The van der Waals surface area contributed by atoms with Crippen LogP contribution in [0, 0.1) is 0 Å². The molecule has 0 aliphatic rings. The van der Waals surface area contributed by atoms with E-state index in [1.807, 2.05) is 0 Å². The Labute approximate surface area is 180 Å². The number of aromatic nitrogens is 2. The molecule has 0 atom stereocenters. The minimum absolute atomic E-state index is 0.0848. The molecule has 2 N–H and O–H groups in total. The van der Waals surface area contributed by atoms with E-state index in [0.717, 1.165) is 11.0 Å². The molecule has 1 aromatic heterocycles. The summed E-state index contributed by atoms with van der Waals surface area (Å²) in [5.74, 6) is -0.409. The summed E-state index contributed by atoms with van der Waals surface area (Å²) < 4.78 is 39.2. The zero-order valence-electron chi connectivity index (χ0n) is 16.2. The summed E-state index contributed by atoms with van der Waals surface area (Å²) in [5.41, 5.74) is -0.445. The number of carbonyl (C=O) groups excluding carboxylic acids is 2. The second-order valence-electron chi connectivity index (χ2n) is 6.43. The summed E-state index contributed by atoms with van der Waals surface area (Å²) in [4.78, 5) is 32.2. The third-order valence-electron chi connectivity index (χ3n) is 3.98. The smallest absolute Gasteiger partial charge is 0.326 e. The molecule has 0 saturated carbocycles. The molecule has 0 bridgehead atoms. The lowest BCUT2D eigenvalue weighted by atomic mass is 10.0. The van der Waals surface area contributed by atoms with E-state index in [9.17, 15) is 22.8 Å². The SMILES string of the molecule is CC(=O)Nc1cc(Sc2ccc(NC(=O)Cc3ccccc3C(F)(F)F)cc2)ncn1. The third-order valence-corrected chi connectivity index (χ3v) is 4.92. The quantitative estimate of drug-likeness (QED) is 0.532. The summed E-state index contributed by atoms with van der Waals surface area (Å²) in [5, 5.41) is 5.79. The van der Waals surface area contributed by atoms with Crippen molar-refractivity contribution < 1.29 is 22.8 Å². The Morgan fingerprint density at radius 3 is 2.39 bits per heavy atom. The molecule has 2 aromatic carbocycles. The molecule has 3 aromatic rings. The number of anilines is 2. The number of alkyl halides is 3. The number of benzene rings is 2. The first-order valence-corrected chi connectivity index (χ1v) is 9.85. The van der Waals surface area contributed by atoms with Crippen molar-refractivity contribution in [2.75, 3.05) is 10.6 Å². The van der Waals surface area contributed by atoms with Crippen molar-refractivity contribution >= 4 is 35.1 Å². The van der Waals surface area contributed by atoms with Crippen LogP contribution < -0.4 is 10.6 Å². The van der Waals surface area contributed by atoms with Crippen LogP contribution in [0.15, 0.2) is 70.8 Å². The first kappa shape index (κ1) is 22.3.